The number of hydrogen-bond donors (Lipinski definition) is 0. The van der Waals surface area contributed by atoms with Crippen LogP contribution in [0.5, 0.6) is 0 Å². The second-order valence-corrected chi connectivity index (χ2v) is 10.4. The highest BCUT2D eigenvalue weighted by Gasteiger charge is 2.34. The van der Waals surface area contributed by atoms with Gasteiger partial charge < -0.3 is 9.45 Å². The number of para-hydroxylation sites is 1. The van der Waals surface area contributed by atoms with Gasteiger partial charge in [-0.1, -0.05) is 42.5 Å². The molecule has 1 saturated heterocycles. The molecule has 0 saturated carbocycles. The summed E-state index contributed by atoms with van der Waals surface area (Å²) < 4.78 is 14.9. The molecule has 1 unspecified atom stereocenters. The minimum atomic E-state index is -1.61. The fourth-order valence-corrected chi connectivity index (χ4v) is 6.09. The lowest BCUT2D eigenvalue weighted by Gasteiger charge is -2.37. The molecule has 182 valence electrons. The van der Waals surface area contributed by atoms with Gasteiger partial charge in [0.05, 0.1) is 35.1 Å². The Labute approximate surface area is 211 Å². The van der Waals surface area contributed by atoms with Crippen LogP contribution in [0.4, 0.5) is 11.5 Å². The Balaban J connectivity index is 1.31. The van der Waals surface area contributed by atoms with Crippen LogP contribution >= 0.6 is 11.6 Å². The van der Waals surface area contributed by atoms with Gasteiger partial charge in [0.25, 0.3) is 4.90 Å². The Morgan fingerprint density at radius 2 is 1.69 bits per heavy atom. The molecule has 2 aliphatic heterocycles. The molecule has 1 atom stereocenters. The van der Waals surface area contributed by atoms with Gasteiger partial charge in [-0.2, -0.15) is 0 Å². The lowest BCUT2D eigenvalue weighted by molar-refractivity contribution is -0.387. The van der Waals surface area contributed by atoms with Crippen LogP contribution in [0.25, 0.3) is 0 Å². The van der Waals surface area contributed by atoms with Crippen molar-refractivity contribution in [3.05, 3.63) is 86.8 Å². The molecule has 1 fully saturated rings. The minimum absolute atomic E-state index is 0.122. The fraction of sp³-hybridized carbons (Fsp3) is 0.333. The van der Waals surface area contributed by atoms with Gasteiger partial charge in [0.15, 0.2) is 0 Å². The molecule has 11 heteroatoms. The first-order chi connectivity index (χ1) is 17.0. The molecular weight excluding hydrogens is 488 g/mol. The zero-order valence-electron chi connectivity index (χ0n) is 19.0. The van der Waals surface area contributed by atoms with Gasteiger partial charge >= 0.3 is 5.69 Å². The van der Waals surface area contributed by atoms with Gasteiger partial charge in [0.2, 0.25) is 5.28 Å². The maximum absolute atomic E-state index is 13.1. The molecule has 3 aromatic rings. The van der Waals surface area contributed by atoms with E-state index in [1.54, 1.807) is 22.5 Å². The van der Waals surface area contributed by atoms with Crippen molar-refractivity contribution in [3.8, 4) is 0 Å². The van der Waals surface area contributed by atoms with Crippen LogP contribution in [-0.4, -0.2) is 61.4 Å². The van der Waals surface area contributed by atoms with Crippen molar-refractivity contribution in [1.29, 1.82) is 0 Å². The predicted molar refractivity (Wildman–Crippen MR) is 135 cm³/mol. The van der Waals surface area contributed by atoms with E-state index in [1.807, 2.05) is 6.07 Å². The van der Waals surface area contributed by atoms with Crippen LogP contribution in [0.15, 0.2) is 59.5 Å². The number of hydrogen-bond acceptors (Lipinski definition) is 8. The Morgan fingerprint density at radius 3 is 2.43 bits per heavy atom. The van der Waals surface area contributed by atoms with E-state index in [9.17, 15) is 14.7 Å². The molecule has 0 spiro atoms. The smallest absolute Gasteiger partial charge is 0.325 e. The summed E-state index contributed by atoms with van der Waals surface area (Å²) in [5, 5.41) is 11.6. The molecule has 0 N–H and O–H groups in total. The number of fused-ring (bicyclic) bond motifs is 1. The summed E-state index contributed by atoms with van der Waals surface area (Å²) >= 11 is 4.68. The standard InChI is InChI=1S/C24H25ClN6O3S/c25-24-26-20-10-11-28(16-18-6-2-1-3-7-18)17-19(20)23(27-24)29-12-14-30(15-13-29)35(34)22-9-5-4-8-21(22)31(32)33/h1-9H,10-17H2. The van der Waals surface area contributed by atoms with Gasteiger partial charge in [-0.05, 0) is 17.2 Å². The monoisotopic (exact) mass is 512 g/mol. The number of piperazine rings is 1. The highest BCUT2D eigenvalue weighted by molar-refractivity contribution is 7.89. The van der Waals surface area contributed by atoms with Crippen molar-refractivity contribution in [3.63, 3.8) is 0 Å². The molecule has 3 heterocycles. The van der Waals surface area contributed by atoms with Gasteiger partial charge in [-0.25, -0.2) is 9.97 Å². The summed E-state index contributed by atoms with van der Waals surface area (Å²) in [6.45, 7) is 4.64. The Hall–Kier alpha value is -2.76. The third-order valence-electron chi connectivity index (χ3n) is 6.36. The van der Waals surface area contributed by atoms with E-state index in [4.69, 9.17) is 11.6 Å². The topological polar surface area (TPSA) is 102 Å². The molecule has 0 aliphatic carbocycles. The second kappa shape index (κ2) is 10.5. The number of nitrogens with zero attached hydrogens (tertiary/aromatic N) is 6. The quantitative estimate of drug-likeness (QED) is 0.214. The number of aromatic nitrogens is 2. The van der Waals surface area contributed by atoms with Crippen LogP contribution < -0.4 is 4.90 Å². The van der Waals surface area contributed by atoms with Crippen molar-refractivity contribution in [2.75, 3.05) is 37.6 Å². The van der Waals surface area contributed by atoms with Gasteiger partial charge in [0, 0.05) is 56.8 Å². The molecule has 35 heavy (non-hydrogen) atoms. The SMILES string of the molecule is O=[N+]([O-])c1ccccc1[S+]([O-])N1CCN(c2nc(Cl)nc3c2CN(Cc2ccccc2)CC3)CC1. The summed E-state index contributed by atoms with van der Waals surface area (Å²) in [6.07, 6.45) is 0.805. The van der Waals surface area contributed by atoms with Crippen LogP contribution in [0, 0.1) is 10.1 Å². The molecule has 0 amide bonds. The van der Waals surface area contributed by atoms with E-state index in [0.29, 0.717) is 26.2 Å². The van der Waals surface area contributed by atoms with Gasteiger partial charge in [-0.3, -0.25) is 15.0 Å². The van der Waals surface area contributed by atoms with E-state index in [0.717, 1.165) is 43.1 Å². The number of benzene rings is 2. The normalized spacial score (nSPS) is 17.7. The molecule has 9 nitrogen and oxygen atoms in total. The lowest BCUT2D eigenvalue weighted by Crippen LogP contribution is -2.49. The lowest BCUT2D eigenvalue weighted by atomic mass is 10.0. The number of anilines is 1. The van der Waals surface area contributed by atoms with Crippen LogP contribution in [-0.2, 0) is 30.9 Å². The number of halogens is 1. The maximum atomic E-state index is 13.1. The highest BCUT2D eigenvalue weighted by atomic mass is 35.5. The van der Waals surface area contributed by atoms with E-state index in [2.05, 4.69) is 44.0 Å². The largest absolute Gasteiger partial charge is 0.593 e. The summed E-state index contributed by atoms with van der Waals surface area (Å²) in [6, 6.07) is 16.6. The first-order valence-corrected chi connectivity index (χ1v) is 12.9. The summed E-state index contributed by atoms with van der Waals surface area (Å²) in [5.74, 6) is 0.828. The first-order valence-electron chi connectivity index (χ1n) is 11.5. The molecule has 0 radical (unpaired) electrons. The van der Waals surface area contributed by atoms with Gasteiger partial charge in [0.1, 0.15) is 5.82 Å². The van der Waals surface area contributed by atoms with E-state index >= 15 is 0 Å². The van der Waals surface area contributed by atoms with Crippen molar-refractivity contribution < 1.29 is 9.48 Å². The van der Waals surface area contributed by atoms with Crippen LogP contribution in [0.1, 0.15) is 16.8 Å². The molecular formula is C24H25ClN6O3S. The average molecular weight is 513 g/mol. The summed E-state index contributed by atoms with van der Waals surface area (Å²) in [5.41, 5.74) is 3.21. The molecule has 5 rings (SSSR count). The third kappa shape index (κ3) is 5.26. The van der Waals surface area contributed by atoms with E-state index < -0.39 is 16.3 Å². The van der Waals surface area contributed by atoms with Crippen molar-refractivity contribution >= 4 is 34.5 Å². The third-order valence-corrected chi connectivity index (χ3v) is 8.09. The number of nitro groups is 1. The summed E-state index contributed by atoms with van der Waals surface area (Å²) in [7, 11) is 0. The van der Waals surface area contributed by atoms with Crippen LogP contribution in [0.3, 0.4) is 0 Å². The zero-order valence-corrected chi connectivity index (χ0v) is 20.6. The Bertz CT molecular complexity index is 1210. The highest BCUT2D eigenvalue weighted by Crippen LogP contribution is 2.31. The molecule has 2 aromatic carbocycles. The minimum Gasteiger partial charge on any atom is -0.593 e. The second-order valence-electron chi connectivity index (χ2n) is 8.58. The summed E-state index contributed by atoms with van der Waals surface area (Å²) in [4.78, 5) is 24.7. The van der Waals surface area contributed by atoms with Crippen molar-refractivity contribution in [2.24, 2.45) is 0 Å². The van der Waals surface area contributed by atoms with E-state index in [-0.39, 0.29) is 15.9 Å². The van der Waals surface area contributed by atoms with Crippen LogP contribution in [0.2, 0.25) is 5.28 Å². The van der Waals surface area contributed by atoms with Crippen molar-refractivity contribution in [2.45, 2.75) is 24.4 Å². The molecule has 1 aromatic heterocycles. The van der Waals surface area contributed by atoms with E-state index in [1.165, 1.54) is 11.6 Å². The zero-order chi connectivity index (χ0) is 24.4. The number of rotatable bonds is 6. The Morgan fingerprint density at radius 1 is 0.971 bits per heavy atom. The molecule has 2 aliphatic rings. The Kier molecular flexibility index (Phi) is 7.17. The first kappa shape index (κ1) is 24.0. The molecule has 0 bridgehead atoms. The maximum Gasteiger partial charge on any atom is 0.325 e. The van der Waals surface area contributed by atoms with Crippen molar-refractivity contribution in [1.82, 2.24) is 19.2 Å². The fourth-order valence-electron chi connectivity index (χ4n) is 4.62. The van der Waals surface area contributed by atoms with Gasteiger partial charge in [-0.15, -0.1) is 4.31 Å². The predicted octanol–water partition coefficient (Wildman–Crippen LogP) is 3.44. The average Bonchev–Trinajstić information content (AvgIpc) is 2.88. The number of nitro benzene ring substituents is 1.